The Balaban J connectivity index is 1.60. The first-order valence-corrected chi connectivity index (χ1v) is 8.80. The average Bonchev–Trinajstić information content (AvgIpc) is 2.66. The van der Waals surface area contributed by atoms with Gasteiger partial charge in [0.05, 0.1) is 12.7 Å². The molecule has 0 radical (unpaired) electrons. The van der Waals surface area contributed by atoms with Crippen LogP contribution in [-0.4, -0.2) is 77.8 Å². The van der Waals surface area contributed by atoms with Crippen LogP contribution in [0.1, 0.15) is 17.4 Å². The molecule has 0 unspecified atom stereocenters. The minimum atomic E-state index is -0.484. The Morgan fingerprint density at radius 1 is 1.24 bits per heavy atom. The number of carbonyl (C=O) groups excluding carboxylic acids is 1. The molecule has 1 amide bonds. The fourth-order valence-corrected chi connectivity index (χ4v) is 3.18. The number of piperazine rings is 1. The van der Waals surface area contributed by atoms with Crippen molar-refractivity contribution in [3.63, 3.8) is 0 Å². The smallest absolute Gasteiger partial charge is 0.273 e. The van der Waals surface area contributed by atoms with Gasteiger partial charge in [0.1, 0.15) is 5.69 Å². The van der Waals surface area contributed by atoms with Crippen LogP contribution in [-0.2, 0) is 4.74 Å². The third-order valence-electron chi connectivity index (χ3n) is 4.52. The van der Waals surface area contributed by atoms with Crippen LogP contribution >= 0.6 is 0 Å². The van der Waals surface area contributed by atoms with Gasteiger partial charge in [0.25, 0.3) is 5.91 Å². The summed E-state index contributed by atoms with van der Waals surface area (Å²) in [6.45, 7) is 6.25. The first-order valence-electron chi connectivity index (χ1n) is 8.80. The maximum atomic E-state index is 12.9. The van der Waals surface area contributed by atoms with Crippen LogP contribution in [0.4, 0.5) is 0 Å². The fourth-order valence-electron chi connectivity index (χ4n) is 3.18. The van der Waals surface area contributed by atoms with E-state index in [1.54, 1.807) is 6.20 Å². The highest BCUT2D eigenvalue weighted by molar-refractivity contribution is 6.05. The van der Waals surface area contributed by atoms with Crippen molar-refractivity contribution in [2.24, 2.45) is 0 Å². The standard InChI is InChI=1S/C19H25N3O3/c1-2-25-14-16(23)13-21-9-11-22(12-10-21)19(24)18-17-6-4-3-5-15(17)7-8-20-18/h3-8,16,23H,2,9-14H2,1H3/t16-/m0/s1. The monoisotopic (exact) mass is 343 g/mol. The quantitative estimate of drug-likeness (QED) is 0.859. The predicted octanol–water partition coefficient (Wildman–Crippen LogP) is 1.39. The van der Waals surface area contributed by atoms with Crippen molar-refractivity contribution >= 4 is 16.7 Å². The summed E-state index contributed by atoms with van der Waals surface area (Å²) in [6, 6.07) is 9.74. The molecule has 0 aliphatic carbocycles. The third-order valence-corrected chi connectivity index (χ3v) is 4.52. The molecule has 1 atom stereocenters. The summed E-state index contributed by atoms with van der Waals surface area (Å²) in [5.41, 5.74) is 0.517. The van der Waals surface area contributed by atoms with E-state index in [1.807, 2.05) is 42.2 Å². The van der Waals surface area contributed by atoms with Crippen LogP contribution in [0.25, 0.3) is 10.8 Å². The number of ether oxygens (including phenoxy) is 1. The number of aromatic nitrogens is 1. The van der Waals surface area contributed by atoms with Gasteiger partial charge < -0.3 is 14.7 Å². The number of nitrogens with zero attached hydrogens (tertiary/aromatic N) is 3. The van der Waals surface area contributed by atoms with Gasteiger partial charge in [0.2, 0.25) is 0 Å². The second kappa shape index (κ2) is 8.38. The van der Waals surface area contributed by atoms with Gasteiger partial charge in [-0.3, -0.25) is 14.7 Å². The molecule has 2 heterocycles. The first-order chi connectivity index (χ1) is 12.2. The maximum absolute atomic E-state index is 12.9. The number of hydrogen-bond acceptors (Lipinski definition) is 5. The Morgan fingerprint density at radius 3 is 2.76 bits per heavy atom. The van der Waals surface area contributed by atoms with E-state index in [2.05, 4.69) is 9.88 Å². The van der Waals surface area contributed by atoms with Crippen molar-refractivity contribution in [1.82, 2.24) is 14.8 Å². The summed E-state index contributed by atoms with van der Waals surface area (Å²) in [4.78, 5) is 21.2. The van der Waals surface area contributed by atoms with E-state index in [0.717, 1.165) is 23.9 Å². The Morgan fingerprint density at radius 2 is 2.00 bits per heavy atom. The highest BCUT2D eigenvalue weighted by atomic mass is 16.5. The van der Waals surface area contributed by atoms with Crippen molar-refractivity contribution < 1.29 is 14.6 Å². The molecule has 1 aliphatic rings. The molecular weight excluding hydrogens is 318 g/mol. The molecule has 1 aromatic carbocycles. The number of aliphatic hydroxyl groups excluding tert-OH is 1. The van der Waals surface area contributed by atoms with Gasteiger partial charge in [0, 0.05) is 50.9 Å². The van der Waals surface area contributed by atoms with Gasteiger partial charge in [-0.15, -0.1) is 0 Å². The van der Waals surface area contributed by atoms with Gasteiger partial charge in [-0.2, -0.15) is 0 Å². The van der Waals surface area contributed by atoms with Gasteiger partial charge in [-0.25, -0.2) is 0 Å². The van der Waals surface area contributed by atoms with Crippen LogP contribution < -0.4 is 0 Å². The molecule has 0 spiro atoms. The molecule has 134 valence electrons. The lowest BCUT2D eigenvalue weighted by Gasteiger charge is -2.35. The average molecular weight is 343 g/mol. The van der Waals surface area contributed by atoms with E-state index >= 15 is 0 Å². The molecule has 25 heavy (non-hydrogen) atoms. The summed E-state index contributed by atoms with van der Waals surface area (Å²) in [7, 11) is 0. The predicted molar refractivity (Wildman–Crippen MR) is 96.6 cm³/mol. The third kappa shape index (κ3) is 4.34. The lowest BCUT2D eigenvalue weighted by Crippen LogP contribution is -2.51. The first kappa shape index (κ1) is 17.8. The minimum absolute atomic E-state index is 0.0219. The summed E-state index contributed by atoms with van der Waals surface area (Å²) < 4.78 is 5.25. The molecule has 1 aromatic heterocycles. The van der Waals surface area contributed by atoms with E-state index in [9.17, 15) is 9.90 Å². The molecule has 0 saturated carbocycles. The molecule has 3 rings (SSSR count). The van der Waals surface area contributed by atoms with Crippen LogP contribution in [0.3, 0.4) is 0 Å². The number of β-amino-alcohol motifs (C(OH)–C–C–N with tert-alkyl or cyclic N) is 1. The number of fused-ring (bicyclic) bond motifs is 1. The Labute approximate surface area is 148 Å². The molecule has 1 fully saturated rings. The van der Waals surface area contributed by atoms with Gasteiger partial charge in [-0.05, 0) is 18.4 Å². The number of benzene rings is 1. The van der Waals surface area contributed by atoms with E-state index < -0.39 is 6.10 Å². The summed E-state index contributed by atoms with van der Waals surface area (Å²) >= 11 is 0. The zero-order valence-electron chi connectivity index (χ0n) is 14.6. The van der Waals surface area contributed by atoms with Crippen LogP contribution in [0.15, 0.2) is 36.5 Å². The lowest BCUT2D eigenvalue weighted by molar-refractivity contribution is 0.0111. The van der Waals surface area contributed by atoms with Gasteiger partial charge >= 0.3 is 0 Å². The van der Waals surface area contributed by atoms with Gasteiger partial charge in [-0.1, -0.05) is 24.3 Å². The fraction of sp³-hybridized carbons (Fsp3) is 0.474. The number of aliphatic hydroxyl groups is 1. The maximum Gasteiger partial charge on any atom is 0.273 e. The number of hydrogen-bond donors (Lipinski definition) is 1. The summed E-state index contributed by atoms with van der Waals surface area (Å²) in [5.74, 6) is -0.0219. The largest absolute Gasteiger partial charge is 0.389 e. The van der Waals surface area contributed by atoms with E-state index in [0.29, 0.717) is 38.5 Å². The highest BCUT2D eigenvalue weighted by Gasteiger charge is 2.25. The van der Waals surface area contributed by atoms with Crippen molar-refractivity contribution in [1.29, 1.82) is 0 Å². The van der Waals surface area contributed by atoms with Crippen molar-refractivity contribution in [2.45, 2.75) is 13.0 Å². The van der Waals surface area contributed by atoms with Crippen LogP contribution in [0.2, 0.25) is 0 Å². The SMILES string of the molecule is CCOC[C@@H](O)CN1CCN(C(=O)c2nccc3ccccc23)CC1. The molecule has 6 heteroatoms. The minimum Gasteiger partial charge on any atom is -0.389 e. The zero-order valence-corrected chi connectivity index (χ0v) is 14.6. The normalized spacial score (nSPS) is 17.0. The molecule has 2 aromatic rings. The van der Waals surface area contributed by atoms with Crippen LogP contribution in [0.5, 0.6) is 0 Å². The second-order valence-corrected chi connectivity index (χ2v) is 6.29. The van der Waals surface area contributed by atoms with E-state index in [1.165, 1.54) is 0 Å². The Kier molecular flexibility index (Phi) is 5.96. The Hall–Kier alpha value is -2.02. The Bertz CT molecular complexity index is 709. The summed E-state index contributed by atoms with van der Waals surface area (Å²) in [5, 5.41) is 11.9. The molecule has 1 N–H and O–H groups in total. The molecular formula is C19H25N3O3. The number of amides is 1. The zero-order chi connectivity index (χ0) is 17.6. The highest BCUT2D eigenvalue weighted by Crippen LogP contribution is 2.18. The lowest BCUT2D eigenvalue weighted by atomic mass is 10.1. The molecule has 6 nitrogen and oxygen atoms in total. The van der Waals surface area contributed by atoms with Gasteiger partial charge in [0.15, 0.2) is 0 Å². The topological polar surface area (TPSA) is 65.9 Å². The van der Waals surface area contributed by atoms with Crippen molar-refractivity contribution in [2.75, 3.05) is 45.9 Å². The summed E-state index contributed by atoms with van der Waals surface area (Å²) in [6.07, 6.45) is 1.21. The van der Waals surface area contributed by atoms with Crippen molar-refractivity contribution in [3.05, 3.63) is 42.2 Å². The molecule has 0 bridgehead atoms. The number of pyridine rings is 1. The van der Waals surface area contributed by atoms with E-state index in [-0.39, 0.29) is 5.91 Å². The number of carbonyl (C=O) groups is 1. The van der Waals surface area contributed by atoms with E-state index in [4.69, 9.17) is 4.74 Å². The molecule has 1 aliphatic heterocycles. The molecule has 1 saturated heterocycles. The second-order valence-electron chi connectivity index (χ2n) is 6.29. The van der Waals surface area contributed by atoms with Crippen LogP contribution in [0, 0.1) is 0 Å². The van der Waals surface area contributed by atoms with Crippen molar-refractivity contribution in [3.8, 4) is 0 Å². The number of rotatable bonds is 6.